The van der Waals surface area contributed by atoms with Crippen molar-refractivity contribution < 1.29 is 28.6 Å². The summed E-state index contributed by atoms with van der Waals surface area (Å²) in [4.78, 5) is 36.8. The minimum atomic E-state index is -0.935. The second-order valence-corrected chi connectivity index (χ2v) is 8.40. The van der Waals surface area contributed by atoms with E-state index in [1.165, 1.54) is 7.11 Å². The van der Waals surface area contributed by atoms with Crippen molar-refractivity contribution in [3.05, 3.63) is 35.9 Å². The first-order valence-electron chi connectivity index (χ1n) is 10.0. The molecule has 2 N–H and O–H groups in total. The predicted molar refractivity (Wildman–Crippen MR) is 113 cm³/mol. The number of benzene rings is 1. The summed E-state index contributed by atoms with van der Waals surface area (Å²) in [6.07, 6.45) is -0.210. The van der Waals surface area contributed by atoms with Gasteiger partial charge in [0.05, 0.1) is 7.11 Å². The summed E-state index contributed by atoms with van der Waals surface area (Å²) in [5, 5.41) is 5.50. The predicted octanol–water partition coefficient (Wildman–Crippen LogP) is 2.80. The molecule has 1 aromatic carbocycles. The Morgan fingerprint density at radius 2 is 1.63 bits per heavy atom. The minimum absolute atomic E-state index is 0.0951. The molecule has 0 radical (unpaired) electrons. The van der Waals surface area contributed by atoms with E-state index in [1.807, 2.05) is 44.2 Å². The van der Waals surface area contributed by atoms with Crippen molar-refractivity contribution in [3.8, 4) is 0 Å². The maximum Gasteiger partial charge on any atom is 0.407 e. The normalized spacial score (nSPS) is 13.3. The number of esters is 2. The molecule has 1 aromatic rings. The molecule has 30 heavy (non-hydrogen) atoms. The van der Waals surface area contributed by atoms with Crippen molar-refractivity contribution in [2.45, 2.75) is 65.3 Å². The number of rotatable bonds is 10. The van der Waals surface area contributed by atoms with E-state index in [0.29, 0.717) is 6.42 Å². The van der Waals surface area contributed by atoms with Crippen molar-refractivity contribution in [1.82, 2.24) is 10.6 Å². The largest absolute Gasteiger partial charge is 0.468 e. The van der Waals surface area contributed by atoms with Crippen LogP contribution < -0.4 is 10.6 Å². The van der Waals surface area contributed by atoms with Crippen molar-refractivity contribution in [1.29, 1.82) is 0 Å². The summed E-state index contributed by atoms with van der Waals surface area (Å²) < 4.78 is 15.4. The second-order valence-electron chi connectivity index (χ2n) is 8.40. The molecule has 0 aromatic heterocycles. The maximum absolute atomic E-state index is 12.7. The minimum Gasteiger partial charge on any atom is -0.468 e. The van der Waals surface area contributed by atoms with Crippen molar-refractivity contribution in [3.63, 3.8) is 0 Å². The third kappa shape index (κ3) is 10.2. The number of hydrogen-bond acceptors (Lipinski definition) is 7. The molecule has 168 valence electrons. The number of alkyl carbamates (subject to hydrolysis) is 1. The van der Waals surface area contributed by atoms with Gasteiger partial charge in [0.1, 0.15) is 24.3 Å². The van der Waals surface area contributed by atoms with Crippen molar-refractivity contribution >= 4 is 18.0 Å². The first-order valence-corrected chi connectivity index (χ1v) is 10.0. The molecular formula is C22H34N2O6. The number of ether oxygens (including phenoxy) is 3. The average molecular weight is 423 g/mol. The summed E-state index contributed by atoms with van der Waals surface area (Å²) in [7, 11) is 1.25. The Balaban J connectivity index is 2.78. The van der Waals surface area contributed by atoms with Crippen LogP contribution in [0.1, 0.15) is 46.6 Å². The first-order chi connectivity index (χ1) is 14.0. The van der Waals surface area contributed by atoms with Crippen molar-refractivity contribution in [2.75, 3.05) is 13.7 Å². The number of carbonyl (C=O) groups is 3. The molecule has 8 nitrogen and oxygen atoms in total. The highest BCUT2D eigenvalue weighted by molar-refractivity contribution is 5.80. The van der Waals surface area contributed by atoms with E-state index in [0.717, 1.165) is 5.56 Å². The molecule has 0 aliphatic carbocycles. The molecule has 0 saturated heterocycles. The Bertz CT molecular complexity index is 685. The van der Waals surface area contributed by atoms with E-state index in [4.69, 9.17) is 14.2 Å². The van der Waals surface area contributed by atoms with Gasteiger partial charge in [-0.2, -0.15) is 0 Å². The summed E-state index contributed by atoms with van der Waals surface area (Å²) in [6, 6.07) is 7.66. The van der Waals surface area contributed by atoms with Crippen LogP contribution in [0.4, 0.5) is 4.79 Å². The van der Waals surface area contributed by atoms with Gasteiger partial charge in [-0.1, -0.05) is 44.2 Å². The molecule has 0 bridgehead atoms. The fraction of sp³-hybridized carbons (Fsp3) is 0.591. The van der Waals surface area contributed by atoms with Gasteiger partial charge in [-0.15, -0.1) is 0 Å². The Hall–Kier alpha value is -2.61. The monoisotopic (exact) mass is 422 g/mol. The molecule has 0 heterocycles. The van der Waals surface area contributed by atoms with Crippen LogP contribution in [-0.2, 0) is 30.4 Å². The van der Waals surface area contributed by atoms with E-state index in [1.54, 1.807) is 20.8 Å². The molecule has 0 spiro atoms. The first kappa shape index (κ1) is 25.4. The topological polar surface area (TPSA) is 103 Å². The lowest BCUT2D eigenvalue weighted by Crippen LogP contribution is -2.53. The number of amides is 1. The summed E-state index contributed by atoms with van der Waals surface area (Å²) in [5.41, 5.74) is 0.199. The van der Waals surface area contributed by atoms with Gasteiger partial charge in [0.25, 0.3) is 0 Å². The molecule has 0 aliphatic rings. The Morgan fingerprint density at radius 1 is 1.00 bits per heavy atom. The zero-order chi connectivity index (χ0) is 22.7. The van der Waals surface area contributed by atoms with Gasteiger partial charge in [-0.05, 0) is 38.7 Å². The zero-order valence-electron chi connectivity index (χ0n) is 18.7. The van der Waals surface area contributed by atoms with Gasteiger partial charge in [0, 0.05) is 6.54 Å². The maximum atomic E-state index is 12.7. The van der Waals surface area contributed by atoms with Crippen LogP contribution in [0.15, 0.2) is 30.3 Å². The molecule has 8 heteroatoms. The molecule has 1 amide bonds. The Kier molecular flexibility index (Phi) is 10.3. The smallest absolute Gasteiger partial charge is 0.407 e. The fourth-order valence-corrected chi connectivity index (χ4v) is 2.63. The van der Waals surface area contributed by atoms with Crippen LogP contribution in [0.25, 0.3) is 0 Å². The zero-order valence-corrected chi connectivity index (χ0v) is 18.7. The molecule has 1 rings (SSSR count). The molecule has 0 aliphatic heterocycles. The van der Waals surface area contributed by atoms with E-state index >= 15 is 0 Å². The summed E-state index contributed by atoms with van der Waals surface area (Å²) in [5.74, 6) is -0.904. The van der Waals surface area contributed by atoms with Crippen molar-refractivity contribution in [2.24, 2.45) is 5.92 Å². The van der Waals surface area contributed by atoms with E-state index in [9.17, 15) is 14.4 Å². The number of carbonyl (C=O) groups excluding carboxylic acids is 3. The number of methoxy groups -OCH3 is 1. The SMILES string of the molecule is COC(=O)[C@@H](CNC(=O)OC(C)(C)C)N[C@@H](CC(C)C)C(=O)OCc1ccccc1. The third-order valence-electron chi connectivity index (χ3n) is 3.95. The second kappa shape index (κ2) is 12.2. The highest BCUT2D eigenvalue weighted by Gasteiger charge is 2.29. The van der Waals surface area contributed by atoms with Crippen LogP contribution in [0.3, 0.4) is 0 Å². The number of hydrogen-bond donors (Lipinski definition) is 2. The third-order valence-corrected chi connectivity index (χ3v) is 3.95. The Labute approximate surface area is 178 Å². The highest BCUT2D eigenvalue weighted by atomic mass is 16.6. The van der Waals surface area contributed by atoms with E-state index < -0.39 is 35.7 Å². The van der Waals surface area contributed by atoms with Gasteiger partial charge >= 0.3 is 18.0 Å². The lowest BCUT2D eigenvalue weighted by molar-refractivity contribution is -0.149. The molecule has 2 atom stereocenters. The van der Waals surface area contributed by atoms with Gasteiger partial charge in [0.2, 0.25) is 0 Å². The average Bonchev–Trinajstić information content (AvgIpc) is 2.66. The lowest BCUT2D eigenvalue weighted by Gasteiger charge is -2.25. The van der Waals surface area contributed by atoms with E-state index in [-0.39, 0.29) is 19.1 Å². The van der Waals surface area contributed by atoms with Gasteiger partial charge in [-0.25, -0.2) is 4.79 Å². The standard InChI is InChI=1S/C22H34N2O6/c1-15(2)12-17(20(26)29-14-16-10-8-7-9-11-16)24-18(19(25)28-6)13-23-21(27)30-22(3,4)5/h7-11,15,17-18,24H,12-14H2,1-6H3,(H,23,27)/t17-,18+/m0/s1. The molecule has 0 saturated carbocycles. The summed E-state index contributed by atoms with van der Waals surface area (Å²) >= 11 is 0. The molecule has 0 unspecified atom stereocenters. The van der Waals surface area contributed by atoms with Crippen LogP contribution in [-0.4, -0.2) is 49.4 Å². The fourth-order valence-electron chi connectivity index (χ4n) is 2.63. The van der Waals surface area contributed by atoms with E-state index in [2.05, 4.69) is 10.6 Å². The molecule has 0 fully saturated rings. The Morgan fingerprint density at radius 3 is 2.17 bits per heavy atom. The van der Waals surface area contributed by atoms with Crippen LogP contribution >= 0.6 is 0 Å². The van der Waals surface area contributed by atoms with Gasteiger partial charge < -0.3 is 19.5 Å². The quantitative estimate of drug-likeness (QED) is 0.441. The van der Waals surface area contributed by atoms with Gasteiger partial charge in [0.15, 0.2) is 0 Å². The lowest BCUT2D eigenvalue weighted by atomic mass is 10.0. The van der Waals surface area contributed by atoms with Gasteiger partial charge in [-0.3, -0.25) is 14.9 Å². The summed E-state index contributed by atoms with van der Waals surface area (Å²) in [6.45, 7) is 9.19. The highest BCUT2D eigenvalue weighted by Crippen LogP contribution is 2.10. The number of nitrogens with one attached hydrogen (secondary N) is 2. The molecular weight excluding hydrogens is 388 g/mol. The van der Waals surface area contributed by atoms with Crippen LogP contribution in [0, 0.1) is 5.92 Å². The van der Waals surface area contributed by atoms with Crippen LogP contribution in [0.5, 0.6) is 0 Å². The van der Waals surface area contributed by atoms with Crippen LogP contribution in [0.2, 0.25) is 0 Å².